The first-order valence-corrected chi connectivity index (χ1v) is 8.23. The van der Waals surface area contributed by atoms with Crippen molar-refractivity contribution in [1.82, 2.24) is 14.3 Å². The molecule has 1 N–H and O–H groups in total. The van der Waals surface area contributed by atoms with Crippen LogP contribution in [0.5, 0.6) is 0 Å². The quantitative estimate of drug-likeness (QED) is 0.610. The fourth-order valence-electron chi connectivity index (χ4n) is 3.07. The van der Waals surface area contributed by atoms with Crippen LogP contribution in [0.25, 0.3) is 10.9 Å². The van der Waals surface area contributed by atoms with Crippen molar-refractivity contribution in [3.8, 4) is 0 Å². The van der Waals surface area contributed by atoms with Crippen LogP contribution in [0.1, 0.15) is 16.1 Å². The molecule has 0 spiro atoms. The van der Waals surface area contributed by atoms with Gasteiger partial charge in [0, 0.05) is 30.5 Å². The minimum absolute atomic E-state index is 0.278. The molecule has 0 saturated carbocycles. The second-order valence-electron chi connectivity index (χ2n) is 6.12. The third-order valence-corrected chi connectivity index (χ3v) is 4.35. The molecule has 0 bridgehead atoms. The fraction of sp³-hybridized carbons (Fsp3) is 0.100. The van der Waals surface area contributed by atoms with Crippen LogP contribution in [0.15, 0.2) is 67.0 Å². The van der Waals surface area contributed by atoms with E-state index in [0.717, 1.165) is 5.56 Å². The van der Waals surface area contributed by atoms with Gasteiger partial charge in [0.25, 0.3) is 5.91 Å². The molecule has 4 aromatic rings. The molecule has 2 aromatic carbocycles. The van der Waals surface area contributed by atoms with Crippen molar-refractivity contribution in [2.24, 2.45) is 7.05 Å². The van der Waals surface area contributed by atoms with Crippen LogP contribution in [0.2, 0.25) is 0 Å². The number of hydrogen-bond donors (Lipinski definition) is 1. The van der Waals surface area contributed by atoms with Gasteiger partial charge >= 0.3 is 0 Å². The molecule has 5 nitrogen and oxygen atoms in total. The van der Waals surface area contributed by atoms with Gasteiger partial charge in [-0.1, -0.05) is 18.2 Å². The van der Waals surface area contributed by atoms with Crippen LogP contribution >= 0.6 is 0 Å². The molecule has 130 valence electrons. The van der Waals surface area contributed by atoms with Gasteiger partial charge in [0.15, 0.2) is 0 Å². The Kier molecular flexibility index (Phi) is 4.01. The highest BCUT2D eigenvalue weighted by Gasteiger charge is 2.15. The lowest BCUT2D eigenvalue weighted by Gasteiger charge is -2.09. The van der Waals surface area contributed by atoms with E-state index in [1.807, 2.05) is 41.2 Å². The monoisotopic (exact) mass is 348 g/mol. The number of rotatable bonds is 4. The van der Waals surface area contributed by atoms with Gasteiger partial charge in [-0.3, -0.25) is 9.48 Å². The Labute approximate surface area is 149 Å². The predicted molar refractivity (Wildman–Crippen MR) is 98.6 cm³/mol. The lowest BCUT2D eigenvalue weighted by Crippen LogP contribution is -2.15. The van der Waals surface area contributed by atoms with Crippen LogP contribution in [-0.4, -0.2) is 20.3 Å². The highest BCUT2D eigenvalue weighted by molar-refractivity contribution is 6.06. The highest BCUT2D eigenvalue weighted by atomic mass is 19.1. The Morgan fingerprint density at radius 3 is 2.77 bits per heavy atom. The van der Waals surface area contributed by atoms with Crippen LogP contribution in [0.4, 0.5) is 10.1 Å². The zero-order chi connectivity index (χ0) is 18.1. The van der Waals surface area contributed by atoms with E-state index >= 15 is 0 Å². The molecule has 0 saturated heterocycles. The third kappa shape index (κ3) is 2.97. The number of benzene rings is 2. The SMILES string of the molecule is Cn1c(C(=O)Nc2cccc(Cn3cccn3)c2)cc2c(F)cccc21. The number of aryl methyl sites for hydroxylation is 1. The number of hydrogen-bond acceptors (Lipinski definition) is 2. The molecule has 0 unspecified atom stereocenters. The maximum atomic E-state index is 13.9. The molecule has 6 heteroatoms. The smallest absolute Gasteiger partial charge is 0.272 e. The van der Waals surface area contributed by atoms with Crippen molar-refractivity contribution in [3.05, 3.63) is 84.1 Å². The van der Waals surface area contributed by atoms with E-state index in [1.54, 1.807) is 36.0 Å². The van der Waals surface area contributed by atoms with Gasteiger partial charge in [0.2, 0.25) is 0 Å². The zero-order valence-electron chi connectivity index (χ0n) is 14.2. The summed E-state index contributed by atoms with van der Waals surface area (Å²) >= 11 is 0. The van der Waals surface area contributed by atoms with E-state index in [2.05, 4.69) is 10.4 Å². The number of amides is 1. The number of halogens is 1. The Bertz CT molecular complexity index is 1080. The van der Waals surface area contributed by atoms with Gasteiger partial charge in [-0.05, 0) is 42.0 Å². The Balaban J connectivity index is 1.59. The van der Waals surface area contributed by atoms with Gasteiger partial charge in [-0.2, -0.15) is 5.10 Å². The van der Waals surface area contributed by atoms with Crippen molar-refractivity contribution < 1.29 is 9.18 Å². The largest absolute Gasteiger partial charge is 0.340 e. The number of fused-ring (bicyclic) bond motifs is 1. The molecule has 4 rings (SSSR count). The number of carbonyl (C=O) groups is 1. The first-order valence-electron chi connectivity index (χ1n) is 8.23. The fourth-order valence-corrected chi connectivity index (χ4v) is 3.07. The number of nitrogens with one attached hydrogen (secondary N) is 1. The summed E-state index contributed by atoms with van der Waals surface area (Å²) in [6.45, 7) is 0.621. The molecular formula is C20H17FN4O. The van der Waals surface area contributed by atoms with E-state index in [9.17, 15) is 9.18 Å². The molecule has 0 radical (unpaired) electrons. The normalized spacial score (nSPS) is 11.0. The summed E-state index contributed by atoms with van der Waals surface area (Å²) in [4.78, 5) is 12.7. The minimum Gasteiger partial charge on any atom is -0.340 e. The van der Waals surface area contributed by atoms with Gasteiger partial charge in [0.05, 0.1) is 12.1 Å². The molecule has 0 aliphatic carbocycles. The van der Waals surface area contributed by atoms with Gasteiger partial charge in [-0.15, -0.1) is 0 Å². The standard InChI is InChI=1S/C20H17FN4O/c1-24-18-8-3-7-17(21)16(18)12-19(24)20(26)23-15-6-2-5-14(11-15)13-25-10-4-9-22-25/h2-12H,13H2,1H3,(H,23,26). The number of aromatic nitrogens is 3. The average molecular weight is 348 g/mol. The average Bonchev–Trinajstić information content (AvgIpc) is 3.24. The maximum absolute atomic E-state index is 13.9. The zero-order valence-corrected chi connectivity index (χ0v) is 14.2. The topological polar surface area (TPSA) is 51.9 Å². The minimum atomic E-state index is -0.335. The molecule has 26 heavy (non-hydrogen) atoms. The molecule has 0 aliphatic rings. The molecule has 2 aromatic heterocycles. The lowest BCUT2D eigenvalue weighted by atomic mass is 10.2. The lowest BCUT2D eigenvalue weighted by molar-refractivity contribution is 0.102. The number of carbonyl (C=O) groups excluding carboxylic acids is 1. The summed E-state index contributed by atoms with van der Waals surface area (Å²) in [5.74, 6) is -0.613. The van der Waals surface area contributed by atoms with Crippen molar-refractivity contribution in [1.29, 1.82) is 0 Å². The first kappa shape index (κ1) is 16.1. The van der Waals surface area contributed by atoms with Gasteiger partial charge in [0.1, 0.15) is 11.5 Å². The predicted octanol–water partition coefficient (Wildman–Crippen LogP) is 3.81. The summed E-state index contributed by atoms with van der Waals surface area (Å²) in [5, 5.41) is 7.51. The molecular weight excluding hydrogens is 331 g/mol. The van der Waals surface area contributed by atoms with Crippen molar-refractivity contribution in [2.45, 2.75) is 6.54 Å². The Hall–Kier alpha value is -3.41. The second-order valence-corrected chi connectivity index (χ2v) is 6.12. The number of anilines is 1. The molecule has 0 atom stereocenters. The molecule has 0 aliphatic heterocycles. The van der Waals surface area contributed by atoms with E-state index < -0.39 is 0 Å². The molecule has 1 amide bonds. The Morgan fingerprint density at radius 1 is 1.15 bits per heavy atom. The van der Waals surface area contributed by atoms with Crippen LogP contribution in [-0.2, 0) is 13.6 Å². The Morgan fingerprint density at radius 2 is 2.00 bits per heavy atom. The van der Waals surface area contributed by atoms with Crippen molar-refractivity contribution in [2.75, 3.05) is 5.32 Å². The van der Waals surface area contributed by atoms with Crippen molar-refractivity contribution >= 4 is 22.5 Å². The van der Waals surface area contributed by atoms with Gasteiger partial charge < -0.3 is 9.88 Å². The van der Waals surface area contributed by atoms with E-state index in [4.69, 9.17) is 0 Å². The number of nitrogens with zero attached hydrogens (tertiary/aromatic N) is 3. The van der Waals surface area contributed by atoms with E-state index in [0.29, 0.717) is 28.8 Å². The summed E-state index contributed by atoms with van der Waals surface area (Å²) in [7, 11) is 1.75. The summed E-state index contributed by atoms with van der Waals surface area (Å²) in [6, 6.07) is 15.9. The van der Waals surface area contributed by atoms with Crippen LogP contribution in [0, 0.1) is 5.82 Å². The third-order valence-electron chi connectivity index (χ3n) is 4.35. The summed E-state index contributed by atoms with van der Waals surface area (Å²) in [6.07, 6.45) is 3.61. The van der Waals surface area contributed by atoms with Crippen LogP contribution in [0.3, 0.4) is 0 Å². The summed E-state index contributed by atoms with van der Waals surface area (Å²) < 4.78 is 17.5. The highest BCUT2D eigenvalue weighted by Crippen LogP contribution is 2.22. The van der Waals surface area contributed by atoms with E-state index in [-0.39, 0.29) is 11.7 Å². The molecule has 0 fully saturated rings. The van der Waals surface area contributed by atoms with Gasteiger partial charge in [-0.25, -0.2) is 4.39 Å². The first-order chi connectivity index (χ1) is 12.6. The van der Waals surface area contributed by atoms with Crippen molar-refractivity contribution in [3.63, 3.8) is 0 Å². The second kappa shape index (κ2) is 6.48. The summed E-state index contributed by atoms with van der Waals surface area (Å²) in [5.41, 5.74) is 2.80. The molecule has 2 heterocycles. The van der Waals surface area contributed by atoms with E-state index in [1.165, 1.54) is 6.07 Å². The maximum Gasteiger partial charge on any atom is 0.272 e. The van der Waals surface area contributed by atoms with Crippen LogP contribution < -0.4 is 5.32 Å².